The van der Waals surface area contributed by atoms with Gasteiger partial charge in [0.2, 0.25) is 0 Å². The standard InChI is InChI=1S/C16H24FNO/c1-19-15-10-9-13(17)11-14(15)16(18)12-7-5-3-2-4-6-8-12/h9-12,16H,2-8,18H2,1H3. The van der Waals surface area contributed by atoms with E-state index in [9.17, 15) is 4.39 Å². The molecule has 1 unspecified atom stereocenters. The number of benzene rings is 1. The Hall–Kier alpha value is -1.09. The summed E-state index contributed by atoms with van der Waals surface area (Å²) in [5.41, 5.74) is 7.20. The number of ether oxygens (including phenoxy) is 1. The van der Waals surface area contributed by atoms with Crippen LogP contribution in [0, 0.1) is 11.7 Å². The van der Waals surface area contributed by atoms with Crippen molar-refractivity contribution in [1.29, 1.82) is 0 Å². The maximum atomic E-state index is 13.4. The first-order valence-corrected chi connectivity index (χ1v) is 7.31. The van der Waals surface area contributed by atoms with Crippen LogP contribution in [0.1, 0.15) is 56.6 Å². The first-order valence-electron chi connectivity index (χ1n) is 7.31. The molecule has 1 aromatic rings. The maximum Gasteiger partial charge on any atom is 0.123 e. The molecule has 0 saturated heterocycles. The van der Waals surface area contributed by atoms with E-state index >= 15 is 0 Å². The molecule has 1 aromatic carbocycles. The van der Waals surface area contributed by atoms with Crippen LogP contribution >= 0.6 is 0 Å². The molecule has 106 valence electrons. The van der Waals surface area contributed by atoms with Gasteiger partial charge in [-0.05, 0) is 37.0 Å². The van der Waals surface area contributed by atoms with Gasteiger partial charge >= 0.3 is 0 Å². The van der Waals surface area contributed by atoms with E-state index < -0.39 is 0 Å². The highest BCUT2D eigenvalue weighted by atomic mass is 19.1. The molecule has 1 saturated carbocycles. The summed E-state index contributed by atoms with van der Waals surface area (Å²) in [6, 6.07) is 4.51. The highest BCUT2D eigenvalue weighted by molar-refractivity contribution is 5.36. The zero-order valence-electron chi connectivity index (χ0n) is 11.7. The third-order valence-corrected chi connectivity index (χ3v) is 4.21. The fourth-order valence-electron chi connectivity index (χ4n) is 3.07. The summed E-state index contributed by atoms with van der Waals surface area (Å²) >= 11 is 0. The van der Waals surface area contributed by atoms with Crippen molar-refractivity contribution in [2.45, 2.75) is 51.0 Å². The smallest absolute Gasteiger partial charge is 0.123 e. The summed E-state index contributed by atoms with van der Waals surface area (Å²) in [5, 5.41) is 0. The van der Waals surface area contributed by atoms with Gasteiger partial charge in [-0.15, -0.1) is 0 Å². The van der Waals surface area contributed by atoms with Crippen molar-refractivity contribution in [3.63, 3.8) is 0 Å². The van der Waals surface area contributed by atoms with Crippen LogP contribution in [0.5, 0.6) is 5.75 Å². The van der Waals surface area contributed by atoms with Crippen molar-refractivity contribution in [3.05, 3.63) is 29.6 Å². The molecule has 1 fully saturated rings. The summed E-state index contributed by atoms with van der Waals surface area (Å²) in [5.74, 6) is 0.907. The van der Waals surface area contributed by atoms with Crippen LogP contribution < -0.4 is 10.5 Å². The normalized spacial score (nSPS) is 19.5. The van der Waals surface area contributed by atoms with Gasteiger partial charge in [-0.3, -0.25) is 0 Å². The Morgan fingerprint density at radius 2 is 1.79 bits per heavy atom. The van der Waals surface area contributed by atoms with Crippen molar-refractivity contribution in [2.24, 2.45) is 11.7 Å². The zero-order chi connectivity index (χ0) is 13.7. The summed E-state index contributed by atoms with van der Waals surface area (Å²) in [7, 11) is 1.61. The van der Waals surface area contributed by atoms with Crippen molar-refractivity contribution in [3.8, 4) is 5.75 Å². The van der Waals surface area contributed by atoms with E-state index in [2.05, 4.69) is 0 Å². The summed E-state index contributed by atoms with van der Waals surface area (Å²) < 4.78 is 18.8. The van der Waals surface area contributed by atoms with Gasteiger partial charge < -0.3 is 10.5 Å². The van der Waals surface area contributed by atoms with Gasteiger partial charge in [-0.25, -0.2) is 4.39 Å². The van der Waals surface area contributed by atoms with Crippen LogP contribution in [0.2, 0.25) is 0 Å². The van der Waals surface area contributed by atoms with Crippen LogP contribution in [0.25, 0.3) is 0 Å². The van der Waals surface area contributed by atoms with E-state index in [-0.39, 0.29) is 11.9 Å². The lowest BCUT2D eigenvalue weighted by Crippen LogP contribution is -2.23. The topological polar surface area (TPSA) is 35.2 Å². The largest absolute Gasteiger partial charge is 0.496 e. The van der Waals surface area contributed by atoms with Gasteiger partial charge in [-0.1, -0.05) is 32.1 Å². The SMILES string of the molecule is COc1ccc(F)cc1C(N)C1CCCCCCC1. The molecule has 0 amide bonds. The number of hydrogen-bond donors (Lipinski definition) is 1. The quantitative estimate of drug-likeness (QED) is 0.889. The molecule has 0 radical (unpaired) electrons. The minimum atomic E-state index is -0.239. The van der Waals surface area contributed by atoms with Gasteiger partial charge in [0.1, 0.15) is 11.6 Å². The average Bonchev–Trinajstić information content (AvgIpc) is 2.37. The van der Waals surface area contributed by atoms with Crippen LogP contribution in [-0.4, -0.2) is 7.11 Å². The molecule has 1 atom stereocenters. The molecule has 2 N–H and O–H groups in total. The van der Waals surface area contributed by atoms with Crippen molar-refractivity contribution < 1.29 is 9.13 Å². The van der Waals surface area contributed by atoms with Gasteiger partial charge in [-0.2, -0.15) is 0 Å². The Morgan fingerprint density at radius 3 is 2.42 bits per heavy atom. The molecule has 0 aliphatic heterocycles. The van der Waals surface area contributed by atoms with Crippen molar-refractivity contribution >= 4 is 0 Å². The lowest BCUT2D eigenvalue weighted by atomic mass is 9.83. The minimum Gasteiger partial charge on any atom is -0.496 e. The zero-order valence-corrected chi connectivity index (χ0v) is 11.7. The van der Waals surface area contributed by atoms with Crippen LogP contribution in [0.4, 0.5) is 4.39 Å². The van der Waals surface area contributed by atoms with Crippen LogP contribution in [0.15, 0.2) is 18.2 Å². The fourth-order valence-corrected chi connectivity index (χ4v) is 3.07. The average molecular weight is 265 g/mol. The molecule has 1 aliphatic carbocycles. The first kappa shape index (κ1) is 14.3. The van der Waals surface area contributed by atoms with E-state index in [0.29, 0.717) is 11.7 Å². The second-order valence-electron chi connectivity index (χ2n) is 5.52. The second kappa shape index (κ2) is 6.90. The molecule has 0 spiro atoms. The molecule has 0 heterocycles. The van der Waals surface area contributed by atoms with Gasteiger partial charge in [0, 0.05) is 11.6 Å². The lowest BCUT2D eigenvalue weighted by molar-refractivity contribution is 0.318. The predicted octanol–water partition coefficient (Wildman–Crippen LogP) is 4.19. The molecular weight excluding hydrogens is 241 g/mol. The molecule has 2 nitrogen and oxygen atoms in total. The van der Waals surface area contributed by atoms with Gasteiger partial charge in [0.15, 0.2) is 0 Å². The molecule has 0 bridgehead atoms. The molecule has 2 rings (SSSR count). The Labute approximate surface area is 115 Å². The number of nitrogens with two attached hydrogens (primary N) is 1. The molecule has 19 heavy (non-hydrogen) atoms. The molecular formula is C16H24FNO. The molecule has 3 heteroatoms. The highest BCUT2D eigenvalue weighted by Gasteiger charge is 2.23. The highest BCUT2D eigenvalue weighted by Crippen LogP contribution is 2.35. The van der Waals surface area contributed by atoms with E-state index in [1.807, 2.05) is 0 Å². The van der Waals surface area contributed by atoms with E-state index in [1.165, 1.54) is 44.2 Å². The minimum absolute atomic E-state index is 0.122. The van der Waals surface area contributed by atoms with Crippen LogP contribution in [0.3, 0.4) is 0 Å². The Balaban J connectivity index is 2.16. The third kappa shape index (κ3) is 3.69. The fraction of sp³-hybridized carbons (Fsp3) is 0.625. The van der Waals surface area contributed by atoms with E-state index in [0.717, 1.165) is 18.4 Å². The summed E-state index contributed by atoms with van der Waals surface area (Å²) in [4.78, 5) is 0. The van der Waals surface area contributed by atoms with Crippen molar-refractivity contribution in [1.82, 2.24) is 0 Å². The lowest BCUT2D eigenvalue weighted by Gasteiger charge is -2.27. The number of halogens is 1. The molecule has 1 aliphatic rings. The molecule has 0 aromatic heterocycles. The Bertz CT molecular complexity index is 400. The van der Waals surface area contributed by atoms with Crippen LogP contribution in [-0.2, 0) is 0 Å². The van der Waals surface area contributed by atoms with Crippen molar-refractivity contribution in [2.75, 3.05) is 7.11 Å². The number of rotatable bonds is 3. The summed E-state index contributed by atoms with van der Waals surface area (Å²) in [6.07, 6.45) is 8.67. The Kier molecular flexibility index (Phi) is 5.20. The summed E-state index contributed by atoms with van der Waals surface area (Å²) in [6.45, 7) is 0. The van der Waals surface area contributed by atoms with Gasteiger partial charge in [0.25, 0.3) is 0 Å². The van der Waals surface area contributed by atoms with E-state index in [1.54, 1.807) is 13.2 Å². The monoisotopic (exact) mass is 265 g/mol. The van der Waals surface area contributed by atoms with Gasteiger partial charge in [0.05, 0.1) is 7.11 Å². The predicted molar refractivity (Wildman–Crippen MR) is 75.7 cm³/mol. The Morgan fingerprint density at radius 1 is 1.16 bits per heavy atom. The second-order valence-corrected chi connectivity index (χ2v) is 5.52. The third-order valence-electron chi connectivity index (χ3n) is 4.21. The van der Waals surface area contributed by atoms with E-state index in [4.69, 9.17) is 10.5 Å². The maximum absolute atomic E-state index is 13.4. The number of hydrogen-bond acceptors (Lipinski definition) is 2. The first-order chi connectivity index (χ1) is 9.22. The number of methoxy groups -OCH3 is 1.